The molecule has 5 aliphatic heterocycles. The third-order valence-electron chi connectivity index (χ3n) is 12.5. The molecule has 20 atom stereocenters. The summed E-state index contributed by atoms with van der Waals surface area (Å²) in [5.41, 5.74) is -6.67. The molecule has 0 aromatic carbocycles. The monoisotopic (exact) mass is 1600 g/mol. The summed E-state index contributed by atoms with van der Waals surface area (Å²) in [5, 5.41) is 88.1. The second-order valence-electron chi connectivity index (χ2n) is 19.1. The second kappa shape index (κ2) is 32.4. The smallest absolute Gasteiger partial charge is 0.394 e. The molecule has 9 rings (SSSR count). The van der Waals surface area contributed by atoms with Crippen molar-refractivity contribution in [2.24, 2.45) is 0 Å². The average Bonchev–Trinajstić information content (AvgIpc) is 1.32. The van der Waals surface area contributed by atoms with Crippen molar-refractivity contribution in [3.05, 3.63) is 130 Å². The Balaban J connectivity index is 0.000000204. The Hall–Kier alpha value is -2.91. The lowest BCUT2D eigenvalue weighted by molar-refractivity contribution is -0.0232. The van der Waals surface area contributed by atoms with E-state index in [-0.39, 0.29) is 28.9 Å². The van der Waals surface area contributed by atoms with Crippen LogP contribution in [0.25, 0.3) is 0 Å². The lowest BCUT2D eigenvalue weighted by Gasteiger charge is -2.30. The van der Waals surface area contributed by atoms with Crippen LogP contribution in [-0.4, -0.2) is 215 Å². The highest BCUT2D eigenvalue weighted by Crippen LogP contribution is 2.80. The number of rotatable bonds is 18. The molecule has 23 N–H and O–H groups in total. The minimum Gasteiger partial charge on any atom is -0.394 e. The van der Waals surface area contributed by atoms with E-state index in [4.69, 9.17) is 82.1 Å². The molecule has 5 fully saturated rings. The van der Waals surface area contributed by atoms with Crippen molar-refractivity contribution < 1.29 is 148 Å². The maximum absolute atomic E-state index is 11.8. The van der Waals surface area contributed by atoms with Gasteiger partial charge in [0.15, 0.2) is 0 Å². The summed E-state index contributed by atoms with van der Waals surface area (Å²) < 4.78 is 101. The van der Waals surface area contributed by atoms with Gasteiger partial charge in [-0.2, -0.15) is 8.62 Å². The number of aliphatic hydroxyl groups excluding tert-OH is 9. The maximum atomic E-state index is 11.8. The summed E-state index contributed by atoms with van der Waals surface area (Å²) >= 11 is 24.9. The summed E-state index contributed by atoms with van der Waals surface area (Å²) in [7, 11) is -21.1. The molecular formula is C36H51Cl2N8O39P7S3. The molecule has 0 amide bonds. The first-order valence-corrected chi connectivity index (χ1v) is 40.7. The van der Waals surface area contributed by atoms with Crippen LogP contribution in [0.1, 0.15) is 46.7 Å². The van der Waals surface area contributed by atoms with Gasteiger partial charge in [0.25, 0.3) is 22.2 Å². The van der Waals surface area contributed by atoms with E-state index in [0.29, 0.717) is 0 Å². The van der Waals surface area contributed by atoms with E-state index < -0.39 is 212 Å². The first kappa shape index (κ1) is 81.1. The van der Waals surface area contributed by atoms with Gasteiger partial charge in [-0.15, -0.1) is 0 Å². The van der Waals surface area contributed by atoms with Crippen LogP contribution in [0.4, 0.5) is 0 Å². The summed E-state index contributed by atoms with van der Waals surface area (Å²) in [6.45, 7) is -11.2. The topological polar surface area (TPSA) is 745 Å². The third kappa shape index (κ3) is 22.5. The van der Waals surface area contributed by atoms with Gasteiger partial charge < -0.3 is 128 Å². The predicted octanol–water partition coefficient (Wildman–Crippen LogP) is -6.42. The molecule has 8 unspecified atom stereocenters. The largest absolute Gasteiger partial charge is 0.488 e. The molecule has 9 heterocycles. The number of aromatic nitrogens is 8. The van der Waals surface area contributed by atoms with Crippen LogP contribution in [0, 0.1) is 0 Å². The average molecular weight is 1600 g/mol. The molecule has 4 aromatic rings. The van der Waals surface area contributed by atoms with Crippen LogP contribution in [0.3, 0.4) is 0 Å². The van der Waals surface area contributed by atoms with Gasteiger partial charge in [0.1, 0.15) is 97.7 Å². The fourth-order valence-electron chi connectivity index (χ4n) is 8.38. The molecule has 0 bridgehead atoms. The number of aromatic amines is 8. The van der Waals surface area contributed by atoms with Crippen molar-refractivity contribution in [2.45, 2.75) is 97.7 Å². The number of hydrogen-bond acceptors (Lipinski definition) is 36. The maximum Gasteiger partial charge on any atom is 0.488 e. The van der Waals surface area contributed by atoms with Crippen molar-refractivity contribution in [2.75, 3.05) is 26.4 Å². The fraction of sp³-hybridized carbons (Fsp3) is 0.556. The number of aliphatic hydroxyl groups is 9. The minimum atomic E-state index is -5.52. The van der Waals surface area contributed by atoms with Crippen molar-refractivity contribution in [1.29, 1.82) is 0 Å². The summed E-state index contributed by atoms with van der Waals surface area (Å²) in [4.78, 5) is 159. The molecule has 5 saturated heterocycles. The van der Waals surface area contributed by atoms with Crippen LogP contribution in [0.2, 0.25) is 0 Å². The van der Waals surface area contributed by atoms with E-state index in [1.807, 2.05) is 19.9 Å². The van der Waals surface area contributed by atoms with E-state index in [0.717, 1.165) is 24.8 Å². The normalized spacial score (nSPS) is 34.3. The quantitative estimate of drug-likeness (QED) is 0.0412. The minimum absolute atomic E-state index is 0.00731. The van der Waals surface area contributed by atoms with Crippen LogP contribution >= 0.6 is 72.2 Å². The molecule has 59 heteroatoms. The standard InChI is InChI=1S/C9H11Cl2N2O6PS.C9H15N2O14P3S.C9H13N2O13P3S.C9H12N2O6/c10-20(11,21)18-2-4-5(14)6(15)7(19-4)3-1-12-9(17)13-8(3)16;12-5-4(2-22-28(21,29)25-27(19,20)24-26(16,17)18)23-7(6(5)13)3-1-10-9(15)11-8(3)14;12-5-4(2-20-27(28)23-25(16,17)22-26(18,19)24-27)21-7(6(5)13)3-1-10-9(15)11-8(3)14;12-2-4-5(13)6(14)7(17-4)3-1-10-9(16)11-8(3)15/h1,4-7,14-15H,2H2,(H2,12,13,16,17);1,4-7,12-13H,2H2,(H,19,20)(H,21,29)(H2,16,17,18)(H2,10,11,14,15);1,4-7,12-13H,2H2,(H,16,17)(H,18,19)(H2,10,11,14,15);1,4-7,12-14H,2H2,(H2,10,11,15,16)/t4-,5?,6+,7+;4-,5?,6+,7+,28?;2*4-,5?,6+,7+/m1111/s1. The molecular weight excluding hydrogens is 1550 g/mol. The molecule has 0 radical (unpaired) electrons. The Bertz CT molecular complexity index is 4230. The fourth-order valence-corrected chi connectivity index (χ4v) is 19.8. The first-order valence-electron chi connectivity index (χ1n) is 25.1. The van der Waals surface area contributed by atoms with Gasteiger partial charge in [0, 0.05) is 24.8 Å². The molecule has 0 saturated carbocycles. The highest BCUT2D eigenvalue weighted by Gasteiger charge is 2.53. The van der Waals surface area contributed by atoms with Crippen molar-refractivity contribution in [3.8, 4) is 0 Å². The van der Waals surface area contributed by atoms with Crippen LogP contribution in [-0.2, 0) is 108 Å². The molecule has 536 valence electrons. The molecule has 0 spiro atoms. The van der Waals surface area contributed by atoms with E-state index >= 15 is 0 Å². The van der Waals surface area contributed by atoms with E-state index in [1.165, 1.54) is 0 Å². The highest BCUT2D eigenvalue weighted by atomic mass is 35.9. The summed E-state index contributed by atoms with van der Waals surface area (Å²) in [5.74, 6) is 0. The Morgan fingerprint density at radius 1 is 0.474 bits per heavy atom. The number of phosphoric acid groups is 4. The zero-order valence-corrected chi connectivity index (χ0v) is 56.2. The number of nitrogens with one attached hydrogen (secondary N) is 8. The van der Waals surface area contributed by atoms with Gasteiger partial charge in [-0.25, -0.2) is 50.4 Å². The van der Waals surface area contributed by atoms with Crippen LogP contribution < -0.4 is 45.0 Å². The van der Waals surface area contributed by atoms with Gasteiger partial charge in [-0.05, 0) is 57.9 Å². The van der Waals surface area contributed by atoms with E-state index in [2.05, 4.69) is 69.6 Å². The first-order chi connectivity index (χ1) is 43.6. The number of hydrogen-bond donors (Lipinski definition) is 23. The van der Waals surface area contributed by atoms with Gasteiger partial charge in [0.2, 0.25) is 4.97 Å². The molecule has 4 aromatic heterocycles. The van der Waals surface area contributed by atoms with Crippen LogP contribution in [0.15, 0.2) is 63.1 Å². The third-order valence-corrected chi connectivity index (χ3v) is 25.4. The predicted molar refractivity (Wildman–Crippen MR) is 318 cm³/mol. The molecule has 5 aliphatic rings. The lowest BCUT2D eigenvalue weighted by Crippen LogP contribution is -2.34. The number of halogens is 2. The van der Waals surface area contributed by atoms with E-state index in [1.54, 1.807) is 0 Å². The number of H-pyrrole nitrogens is 8. The van der Waals surface area contributed by atoms with E-state index in [9.17, 15) is 112 Å². The van der Waals surface area contributed by atoms with Crippen molar-refractivity contribution in [1.82, 2.24) is 39.9 Å². The molecule has 47 nitrogen and oxygen atoms in total. The highest BCUT2D eigenvalue weighted by molar-refractivity contribution is 8.36. The SMILES string of the molecule is O=c1[nH]cc([C@@H]2O[C@H](CO)C(O)[C@@H]2O)c(=O)[nH]1.O=c1[nH]cc([C@@H]2O[C@H](COP(=S)(Cl)Cl)C(O)[C@@H]2O)c(=O)[nH]1.O=c1[nH]cc([C@@H]2O[C@H](COP(O)(=S)OP(=O)(O)OP(=O)(O)O)C(O)[C@@H]2O)c(=O)[nH]1.O=c1[nH]cc([C@@H]2O[C@H](COP3(=S)OP(=O)(O)OP(=O)(O)O3)C(O)[C@@H]2O)c(=O)[nH]1. The van der Waals surface area contributed by atoms with Gasteiger partial charge in [-0.3, -0.25) is 39.1 Å². The van der Waals surface area contributed by atoms with Crippen LogP contribution in [0.5, 0.6) is 0 Å². The summed E-state index contributed by atoms with van der Waals surface area (Å²) in [6, 6.07) is 0. The Labute approximate surface area is 547 Å². The summed E-state index contributed by atoms with van der Waals surface area (Å²) in [6.07, 6.45) is -17.5. The van der Waals surface area contributed by atoms with Gasteiger partial charge >= 0.3 is 67.5 Å². The Morgan fingerprint density at radius 2 is 0.768 bits per heavy atom. The Morgan fingerprint density at radius 3 is 1.05 bits per heavy atom. The van der Waals surface area contributed by atoms with Crippen molar-refractivity contribution >= 4 is 108 Å². The zero-order valence-electron chi connectivity index (χ0n) is 46.0. The van der Waals surface area contributed by atoms with Gasteiger partial charge in [-0.1, -0.05) is 0 Å². The van der Waals surface area contributed by atoms with Crippen molar-refractivity contribution in [3.63, 3.8) is 0 Å². The lowest BCUT2D eigenvalue weighted by atomic mass is 10.0. The zero-order chi connectivity index (χ0) is 71.5. The van der Waals surface area contributed by atoms with Gasteiger partial charge in [0.05, 0.1) is 48.7 Å². The molecule has 0 aliphatic carbocycles. The number of ether oxygens (including phenoxy) is 4. The Kier molecular flexibility index (Phi) is 27.6. The molecule has 95 heavy (non-hydrogen) atoms. The second-order valence-corrected chi connectivity index (χ2v) is 38.5.